The molecular formula is C20H19N3O2S. The Morgan fingerprint density at radius 3 is 2.19 bits per heavy atom. The van der Waals surface area contributed by atoms with E-state index in [1.807, 2.05) is 61.7 Å². The number of hydrogen-bond donors (Lipinski definition) is 2. The van der Waals surface area contributed by atoms with E-state index < -0.39 is 0 Å². The molecule has 1 heterocycles. The van der Waals surface area contributed by atoms with Gasteiger partial charge < -0.3 is 15.4 Å². The van der Waals surface area contributed by atoms with Crippen LogP contribution in [0.15, 0.2) is 71.8 Å². The SMILES string of the molecule is CSc1ccc(NC(=O)Nc2ccc(Oc3ccc(C)cc3)nc2)cc1. The molecule has 5 nitrogen and oxygen atoms in total. The van der Waals surface area contributed by atoms with Crippen LogP contribution in [0.3, 0.4) is 0 Å². The molecule has 0 atom stereocenters. The van der Waals surface area contributed by atoms with E-state index in [0.29, 0.717) is 11.6 Å². The van der Waals surface area contributed by atoms with Crippen LogP contribution in [-0.4, -0.2) is 17.3 Å². The van der Waals surface area contributed by atoms with Crippen LogP contribution in [-0.2, 0) is 0 Å². The largest absolute Gasteiger partial charge is 0.439 e. The monoisotopic (exact) mass is 365 g/mol. The predicted octanol–water partition coefficient (Wildman–Crippen LogP) is 5.55. The normalized spacial score (nSPS) is 10.2. The zero-order valence-corrected chi connectivity index (χ0v) is 15.3. The molecule has 0 aliphatic rings. The standard InChI is InChI=1S/C20H19N3O2S/c1-14-3-8-17(9-4-14)25-19-12-7-16(13-21-19)23-20(24)22-15-5-10-18(26-2)11-6-15/h3-13H,1-2H3,(H2,22,23,24). The van der Waals surface area contributed by atoms with Gasteiger partial charge in [-0.05, 0) is 55.6 Å². The van der Waals surface area contributed by atoms with E-state index in [4.69, 9.17) is 4.74 Å². The Hall–Kier alpha value is -2.99. The van der Waals surface area contributed by atoms with Crippen molar-refractivity contribution in [3.05, 3.63) is 72.4 Å². The number of benzene rings is 2. The summed E-state index contributed by atoms with van der Waals surface area (Å²) in [4.78, 5) is 17.4. The number of hydrogen-bond acceptors (Lipinski definition) is 4. The van der Waals surface area contributed by atoms with Crippen LogP contribution in [0.25, 0.3) is 0 Å². The first kappa shape index (κ1) is 17.8. The number of aryl methyl sites for hydroxylation is 1. The number of amides is 2. The third kappa shape index (κ3) is 5.00. The third-order valence-corrected chi connectivity index (χ3v) is 4.33. The van der Waals surface area contributed by atoms with Crippen molar-refractivity contribution in [2.24, 2.45) is 0 Å². The Kier molecular flexibility index (Phi) is 5.76. The van der Waals surface area contributed by atoms with E-state index in [1.54, 1.807) is 30.1 Å². The Balaban J connectivity index is 1.56. The lowest BCUT2D eigenvalue weighted by Crippen LogP contribution is -2.19. The van der Waals surface area contributed by atoms with Crippen LogP contribution in [0.4, 0.5) is 16.2 Å². The highest BCUT2D eigenvalue weighted by molar-refractivity contribution is 7.98. The Bertz CT molecular complexity index is 863. The van der Waals surface area contributed by atoms with Gasteiger partial charge >= 0.3 is 6.03 Å². The zero-order chi connectivity index (χ0) is 18.4. The number of aromatic nitrogens is 1. The van der Waals surface area contributed by atoms with Crippen LogP contribution in [0, 0.1) is 6.92 Å². The highest BCUT2D eigenvalue weighted by Gasteiger charge is 2.04. The molecule has 0 aliphatic carbocycles. The summed E-state index contributed by atoms with van der Waals surface area (Å²) < 4.78 is 5.67. The van der Waals surface area contributed by atoms with E-state index in [-0.39, 0.29) is 6.03 Å². The summed E-state index contributed by atoms with van der Waals surface area (Å²) >= 11 is 1.65. The van der Waals surface area contributed by atoms with Crippen molar-refractivity contribution < 1.29 is 9.53 Å². The molecule has 132 valence electrons. The molecule has 6 heteroatoms. The van der Waals surface area contributed by atoms with Crippen molar-refractivity contribution >= 4 is 29.2 Å². The number of rotatable bonds is 5. The van der Waals surface area contributed by atoms with E-state index in [0.717, 1.165) is 16.3 Å². The lowest BCUT2D eigenvalue weighted by molar-refractivity contribution is 0.262. The molecule has 1 aromatic heterocycles. The molecule has 0 aliphatic heterocycles. The third-order valence-electron chi connectivity index (χ3n) is 3.59. The van der Waals surface area contributed by atoms with Gasteiger partial charge in [0, 0.05) is 16.6 Å². The number of nitrogens with one attached hydrogen (secondary N) is 2. The highest BCUT2D eigenvalue weighted by atomic mass is 32.2. The molecular weight excluding hydrogens is 346 g/mol. The van der Waals surface area contributed by atoms with E-state index in [9.17, 15) is 4.79 Å². The number of carbonyl (C=O) groups is 1. The highest BCUT2D eigenvalue weighted by Crippen LogP contribution is 2.21. The smallest absolute Gasteiger partial charge is 0.323 e. The van der Waals surface area contributed by atoms with Crippen molar-refractivity contribution in [2.75, 3.05) is 16.9 Å². The summed E-state index contributed by atoms with van der Waals surface area (Å²) in [7, 11) is 0. The van der Waals surface area contributed by atoms with Gasteiger partial charge in [0.25, 0.3) is 0 Å². The molecule has 2 amide bonds. The average Bonchev–Trinajstić information content (AvgIpc) is 2.66. The molecule has 0 unspecified atom stereocenters. The Morgan fingerprint density at radius 1 is 0.923 bits per heavy atom. The van der Waals surface area contributed by atoms with Gasteiger partial charge in [-0.15, -0.1) is 11.8 Å². The van der Waals surface area contributed by atoms with Crippen molar-refractivity contribution in [1.82, 2.24) is 4.98 Å². The summed E-state index contributed by atoms with van der Waals surface area (Å²) in [6.45, 7) is 2.02. The van der Waals surface area contributed by atoms with E-state index in [1.165, 1.54) is 5.56 Å². The van der Waals surface area contributed by atoms with E-state index in [2.05, 4.69) is 15.6 Å². The van der Waals surface area contributed by atoms with E-state index >= 15 is 0 Å². The second kappa shape index (κ2) is 8.40. The van der Waals surface area contributed by atoms with Crippen LogP contribution < -0.4 is 15.4 Å². The minimum atomic E-state index is -0.323. The summed E-state index contributed by atoms with van der Waals surface area (Å²) in [6.07, 6.45) is 3.56. The number of anilines is 2. The summed E-state index contributed by atoms with van der Waals surface area (Å²) in [5, 5.41) is 5.53. The van der Waals surface area contributed by atoms with Gasteiger partial charge in [0.1, 0.15) is 5.75 Å². The number of thioether (sulfide) groups is 1. The van der Waals surface area contributed by atoms with Gasteiger partial charge in [0.15, 0.2) is 0 Å². The predicted molar refractivity (Wildman–Crippen MR) is 106 cm³/mol. The molecule has 0 bridgehead atoms. The molecule has 0 spiro atoms. The minimum Gasteiger partial charge on any atom is -0.439 e. The summed E-state index contributed by atoms with van der Waals surface area (Å²) in [6, 6.07) is 18.5. The molecule has 0 radical (unpaired) electrons. The number of pyridine rings is 1. The minimum absolute atomic E-state index is 0.323. The fourth-order valence-corrected chi connectivity index (χ4v) is 2.62. The van der Waals surface area contributed by atoms with Crippen LogP contribution in [0.2, 0.25) is 0 Å². The molecule has 3 rings (SSSR count). The Morgan fingerprint density at radius 2 is 1.58 bits per heavy atom. The first-order chi connectivity index (χ1) is 12.6. The van der Waals surface area contributed by atoms with Gasteiger partial charge in [-0.2, -0.15) is 0 Å². The fraction of sp³-hybridized carbons (Fsp3) is 0.100. The first-order valence-corrected chi connectivity index (χ1v) is 9.27. The number of ether oxygens (including phenoxy) is 1. The van der Waals surface area contributed by atoms with Gasteiger partial charge in [0.2, 0.25) is 5.88 Å². The molecule has 2 aromatic carbocycles. The molecule has 0 saturated carbocycles. The fourth-order valence-electron chi connectivity index (χ4n) is 2.21. The zero-order valence-electron chi connectivity index (χ0n) is 14.5. The van der Waals surface area contributed by atoms with Gasteiger partial charge in [-0.1, -0.05) is 17.7 Å². The number of nitrogens with zero attached hydrogens (tertiary/aromatic N) is 1. The van der Waals surface area contributed by atoms with Gasteiger partial charge in [0.05, 0.1) is 11.9 Å². The van der Waals surface area contributed by atoms with Crippen LogP contribution in [0.5, 0.6) is 11.6 Å². The maximum atomic E-state index is 12.1. The maximum absolute atomic E-state index is 12.1. The van der Waals surface area contributed by atoms with Crippen LogP contribution in [0.1, 0.15) is 5.56 Å². The van der Waals surface area contributed by atoms with Crippen molar-refractivity contribution in [2.45, 2.75) is 11.8 Å². The maximum Gasteiger partial charge on any atom is 0.323 e. The molecule has 2 N–H and O–H groups in total. The molecule has 26 heavy (non-hydrogen) atoms. The Labute approximate surface area is 156 Å². The van der Waals surface area contributed by atoms with Crippen LogP contribution >= 0.6 is 11.8 Å². The average molecular weight is 365 g/mol. The lowest BCUT2D eigenvalue weighted by atomic mass is 10.2. The van der Waals surface area contributed by atoms with Crippen molar-refractivity contribution in [3.63, 3.8) is 0 Å². The number of carbonyl (C=O) groups excluding carboxylic acids is 1. The van der Waals surface area contributed by atoms with Gasteiger partial charge in [-0.25, -0.2) is 9.78 Å². The quantitative estimate of drug-likeness (QED) is 0.582. The molecule has 3 aromatic rings. The second-order valence-electron chi connectivity index (χ2n) is 5.61. The topological polar surface area (TPSA) is 63.2 Å². The lowest BCUT2D eigenvalue weighted by Gasteiger charge is -2.09. The van der Waals surface area contributed by atoms with Gasteiger partial charge in [-0.3, -0.25) is 0 Å². The number of urea groups is 1. The summed E-state index contributed by atoms with van der Waals surface area (Å²) in [5.41, 5.74) is 2.48. The van der Waals surface area contributed by atoms with Crippen molar-refractivity contribution in [3.8, 4) is 11.6 Å². The molecule has 0 fully saturated rings. The van der Waals surface area contributed by atoms with Crippen molar-refractivity contribution in [1.29, 1.82) is 0 Å². The molecule has 0 saturated heterocycles. The summed E-state index contributed by atoms with van der Waals surface area (Å²) in [5.74, 6) is 1.18. The second-order valence-corrected chi connectivity index (χ2v) is 6.49. The first-order valence-electron chi connectivity index (χ1n) is 8.05.